The first-order valence-electron chi connectivity index (χ1n) is 3.69. The third-order valence-electron chi connectivity index (χ3n) is 1.37. The van der Waals surface area contributed by atoms with E-state index in [1.807, 2.05) is 6.07 Å². The van der Waals surface area contributed by atoms with Gasteiger partial charge < -0.3 is 4.90 Å². The van der Waals surface area contributed by atoms with Gasteiger partial charge in [0.25, 0.3) is 0 Å². The second-order valence-electron chi connectivity index (χ2n) is 2.69. The van der Waals surface area contributed by atoms with Crippen molar-refractivity contribution >= 4 is 34.4 Å². The summed E-state index contributed by atoms with van der Waals surface area (Å²) in [6.45, 7) is 0. The fraction of sp³-hybridized carbons (Fsp3) is 0.250. The molecule has 5 heteroatoms. The highest BCUT2D eigenvalue weighted by Gasteiger charge is 2.03. The Hall–Kier alpha value is -0.850. The van der Waals surface area contributed by atoms with Crippen molar-refractivity contribution in [1.29, 1.82) is 0 Å². The summed E-state index contributed by atoms with van der Waals surface area (Å²) in [6.07, 6.45) is 1.70. The summed E-state index contributed by atoms with van der Waals surface area (Å²) in [7, 11) is 3.37. The minimum absolute atomic E-state index is 0.172. The lowest BCUT2D eigenvalue weighted by atomic mass is 10.5. The monoisotopic (exact) mass is 291 g/mol. The number of aromatic nitrogens is 1. The number of anilines is 1. The van der Waals surface area contributed by atoms with Crippen LogP contribution in [0.3, 0.4) is 0 Å². The molecule has 0 aliphatic rings. The van der Waals surface area contributed by atoms with Gasteiger partial charge >= 0.3 is 6.03 Å². The van der Waals surface area contributed by atoms with Crippen LogP contribution in [0.15, 0.2) is 18.3 Å². The molecule has 0 saturated heterocycles. The maximum Gasteiger partial charge on any atom is 0.322 e. The zero-order valence-corrected chi connectivity index (χ0v) is 9.57. The molecule has 0 unspecified atom stereocenters. The van der Waals surface area contributed by atoms with Crippen LogP contribution in [0.2, 0.25) is 0 Å². The Morgan fingerprint density at radius 3 is 2.69 bits per heavy atom. The number of urea groups is 1. The van der Waals surface area contributed by atoms with E-state index in [-0.39, 0.29) is 6.03 Å². The van der Waals surface area contributed by atoms with E-state index in [0.717, 1.165) is 3.57 Å². The first-order chi connectivity index (χ1) is 6.09. The van der Waals surface area contributed by atoms with Gasteiger partial charge in [-0.2, -0.15) is 0 Å². The van der Waals surface area contributed by atoms with Gasteiger partial charge in [0.1, 0.15) is 5.82 Å². The highest BCUT2D eigenvalue weighted by molar-refractivity contribution is 14.1. The zero-order chi connectivity index (χ0) is 9.84. The first-order valence-corrected chi connectivity index (χ1v) is 4.77. The lowest BCUT2D eigenvalue weighted by molar-refractivity contribution is 0.230. The van der Waals surface area contributed by atoms with Gasteiger partial charge in [0.2, 0.25) is 0 Å². The summed E-state index contributed by atoms with van der Waals surface area (Å²) in [5, 5.41) is 2.64. The third kappa shape index (κ3) is 3.17. The average molecular weight is 291 g/mol. The van der Waals surface area contributed by atoms with Crippen LogP contribution in [-0.2, 0) is 0 Å². The molecule has 0 bridgehead atoms. The van der Waals surface area contributed by atoms with Gasteiger partial charge in [0.15, 0.2) is 0 Å². The number of hydrogen-bond acceptors (Lipinski definition) is 2. The van der Waals surface area contributed by atoms with Crippen LogP contribution in [0, 0.1) is 3.57 Å². The average Bonchev–Trinajstić information content (AvgIpc) is 2.08. The van der Waals surface area contributed by atoms with Gasteiger partial charge in [-0.05, 0) is 34.7 Å². The van der Waals surface area contributed by atoms with Gasteiger partial charge in [0.05, 0.1) is 0 Å². The van der Waals surface area contributed by atoms with E-state index in [9.17, 15) is 4.79 Å². The summed E-state index contributed by atoms with van der Waals surface area (Å²) in [6, 6.07) is 3.48. The summed E-state index contributed by atoms with van der Waals surface area (Å²) in [5.41, 5.74) is 0. The number of carbonyl (C=O) groups excluding carboxylic acids is 1. The zero-order valence-electron chi connectivity index (χ0n) is 7.41. The molecule has 2 amide bonds. The standard InChI is InChI=1S/C8H10IN3O/c1-12(2)8(13)11-7-4-3-6(9)5-10-7/h3-5H,1-2H3,(H,10,11,13). The van der Waals surface area contributed by atoms with Crippen LogP contribution in [0.4, 0.5) is 10.6 Å². The van der Waals surface area contributed by atoms with E-state index in [1.54, 1.807) is 26.4 Å². The van der Waals surface area contributed by atoms with E-state index in [2.05, 4.69) is 32.9 Å². The number of amides is 2. The smallest absolute Gasteiger partial charge is 0.322 e. The van der Waals surface area contributed by atoms with Crippen molar-refractivity contribution in [2.45, 2.75) is 0 Å². The molecule has 0 aromatic carbocycles. The van der Waals surface area contributed by atoms with Crippen molar-refractivity contribution < 1.29 is 4.79 Å². The Bertz CT molecular complexity index is 297. The number of hydrogen-bond donors (Lipinski definition) is 1. The molecule has 1 aromatic rings. The topological polar surface area (TPSA) is 45.2 Å². The fourth-order valence-corrected chi connectivity index (χ4v) is 0.990. The number of rotatable bonds is 1. The molecule has 1 N–H and O–H groups in total. The van der Waals surface area contributed by atoms with Gasteiger partial charge in [-0.25, -0.2) is 9.78 Å². The molecular formula is C8H10IN3O. The van der Waals surface area contributed by atoms with Crippen molar-refractivity contribution in [3.05, 3.63) is 21.9 Å². The van der Waals surface area contributed by atoms with Crippen LogP contribution in [-0.4, -0.2) is 30.0 Å². The molecule has 4 nitrogen and oxygen atoms in total. The maximum absolute atomic E-state index is 11.2. The molecule has 0 spiro atoms. The van der Waals surface area contributed by atoms with Gasteiger partial charge in [0, 0.05) is 23.9 Å². The quantitative estimate of drug-likeness (QED) is 0.802. The molecule has 0 fully saturated rings. The van der Waals surface area contributed by atoms with Crippen LogP contribution in [0.5, 0.6) is 0 Å². The second kappa shape index (κ2) is 4.40. The molecule has 0 atom stereocenters. The third-order valence-corrected chi connectivity index (χ3v) is 2.01. The van der Waals surface area contributed by atoms with E-state index in [1.165, 1.54) is 4.90 Å². The Kier molecular flexibility index (Phi) is 3.47. The molecule has 0 aliphatic carbocycles. The Morgan fingerprint density at radius 2 is 2.23 bits per heavy atom. The van der Waals surface area contributed by atoms with Crippen LogP contribution >= 0.6 is 22.6 Å². The van der Waals surface area contributed by atoms with Crippen molar-refractivity contribution in [2.24, 2.45) is 0 Å². The number of carbonyl (C=O) groups is 1. The first kappa shape index (κ1) is 10.2. The summed E-state index contributed by atoms with van der Waals surface area (Å²) in [4.78, 5) is 16.7. The second-order valence-corrected chi connectivity index (χ2v) is 3.93. The Balaban J connectivity index is 2.65. The number of pyridine rings is 1. The molecule has 1 rings (SSSR count). The van der Waals surface area contributed by atoms with E-state index >= 15 is 0 Å². The molecule has 70 valence electrons. The largest absolute Gasteiger partial charge is 0.331 e. The highest BCUT2D eigenvalue weighted by Crippen LogP contribution is 2.07. The number of nitrogens with one attached hydrogen (secondary N) is 1. The van der Waals surface area contributed by atoms with Crippen molar-refractivity contribution in [3.8, 4) is 0 Å². The molecule has 0 aliphatic heterocycles. The summed E-state index contributed by atoms with van der Waals surface area (Å²) in [5.74, 6) is 0.569. The van der Waals surface area contributed by atoms with Crippen LogP contribution < -0.4 is 5.32 Å². The van der Waals surface area contributed by atoms with Crippen molar-refractivity contribution in [2.75, 3.05) is 19.4 Å². The van der Waals surface area contributed by atoms with Crippen LogP contribution in [0.25, 0.3) is 0 Å². The van der Waals surface area contributed by atoms with E-state index < -0.39 is 0 Å². The minimum Gasteiger partial charge on any atom is -0.331 e. The fourth-order valence-electron chi connectivity index (χ4n) is 0.671. The number of halogens is 1. The Morgan fingerprint density at radius 1 is 1.54 bits per heavy atom. The lowest BCUT2D eigenvalue weighted by Gasteiger charge is -2.10. The molecule has 0 radical (unpaired) electrons. The van der Waals surface area contributed by atoms with Gasteiger partial charge in [-0.15, -0.1) is 0 Å². The Labute approximate surface area is 90.5 Å². The SMILES string of the molecule is CN(C)C(=O)Nc1ccc(I)cn1. The minimum atomic E-state index is -0.172. The molecule has 13 heavy (non-hydrogen) atoms. The normalized spacial score (nSPS) is 9.46. The van der Waals surface area contributed by atoms with E-state index in [4.69, 9.17) is 0 Å². The van der Waals surface area contributed by atoms with E-state index in [0.29, 0.717) is 5.82 Å². The predicted octanol–water partition coefficient (Wildman–Crippen LogP) is 1.78. The van der Waals surface area contributed by atoms with Gasteiger partial charge in [-0.3, -0.25) is 5.32 Å². The van der Waals surface area contributed by atoms with Gasteiger partial charge in [-0.1, -0.05) is 0 Å². The summed E-state index contributed by atoms with van der Waals surface area (Å²) < 4.78 is 1.04. The van der Waals surface area contributed by atoms with Crippen molar-refractivity contribution in [3.63, 3.8) is 0 Å². The van der Waals surface area contributed by atoms with Crippen LogP contribution in [0.1, 0.15) is 0 Å². The maximum atomic E-state index is 11.2. The van der Waals surface area contributed by atoms with Crippen molar-refractivity contribution in [1.82, 2.24) is 9.88 Å². The summed E-state index contributed by atoms with van der Waals surface area (Å²) >= 11 is 2.16. The lowest BCUT2D eigenvalue weighted by Crippen LogP contribution is -2.27. The predicted molar refractivity (Wildman–Crippen MR) is 59.7 cm³/mol. The molecule has 1 heterocycles. The molecule has 1 aromatic heterocycles. The molecule has 0 saturated carbocycles. The molecular weight excluding hydrogens is 281 g/mol. The highest BCUT2D eigenvalue weighted by atomic mass is 127. The number of nitrogens with zero attached hydrogens (tertiary/aromatic N) is 2.